The van der Waals surface area contributed by atoms with E-state index in [2.05, 4.69) is 37.7 Å². The van der Waals surface area contributed by atoms with Crippen molar-refractivity contribution < 1.29 is 0 Å². The smallest absolute Gasteiger partial charge is 0.0287 e. The molecule has 0 aromatic heterocycles. The number of hydrogen-bond donors (Lipinski definition) is 1. The number of nitrogens with zero attached hydrogens (tertiary/aromatic N) is 1. The largest absolute Gasteiger partial charge is 0.309 e. The zero-order valence-corrected chi connectivity index (χ0v) is 8.00. The monoisotopic (exact) mass is 164 g/mol. The van der Waals surface area contributed by atoms with E-state index in [-0.39, 0.29) is 5.54 Å². The summed E-state index contributed by atoms with van der Waals surface area (Å²) in [7, 11) is 4.12. The van der Waals surface area contributed by atoms with Crippen molar-refractivity contribution in [1.29, 1.82) is 0 Å². The van der Waals surface area contributed by atoms with Gasteiger partial charge in [-0.05, 0) is 52.7 Å². The molecule has 0 aromatic rings. The fraction of sp³-hybridized carbons (Fsp3) is 1.00. The van der Waals surface area contributed by atoms with Gasteiger partial charge in [0.15, 0.2) is 0 Å². The maximum absolute atomic E-state index is 5.51. The first-order chi connectivity index (χ1) is 4.48. The summed E-state index contributed by atoms with van der Waals surface area (Å²) in [6, 6.07) is 0. The molecule has 0 fully saturated rings. The molecule has 0 spiro atoms. The van der Waals surface area contributed by atoms with Crippen LogP contribution in [-0.4, -0.2) is 31.1 Å². The molecule has 0 saturated carbocycles. The second-order valence-electron chi connectivity index (χ2n) is 3.53. The van der Waals surface area contributed by atoms with Gasteiger partial charge in [-0.3, -0.25) is 0 Å². The Balaban J connectivity index is 3.46. The summed E-state index contributed by atoms with van der Waals surface area (Å²) in [5.74, 6) is 0. The number of hydrogen-bond acceptors (Lipinski definition) is 2. The van der Waals surface area contributed by atoms with Crippen LogP contribution in [0.1, 0.15) is 20.3 Å². The normalized spacial score (nSPS) is 12.6. The lowest BCUT2D eigenvalue weighted by Crippen LogP contribution is -2.35. The molecular weight excluding hydrogens is 148 g/mol. The van der Waals surface area contributed by atoms with Crippen molar-refractivity contribution in [3.05, 3.63) is 0 Å². The van der Waals surface area contributed by atoms with Crippen LogP contribution in [0.15, 0.2) is 0 Å². The van der Waals surface area contributed by atoms with Crippen molar-refractivity contribution in [3.8, 4) is 0 Å². The van der Waals surface area contributed by atoms with Crippen molar-refractivity contribution in [2.45, 2.75) is 25.8 Å². The highest BCUT2D eigenvalue weighted by atomic mass is 35.5. The minimum Gasteiger partial charge on any atom is -0.309 e. The molecule has 0 unspecified atom stereocenters. The van der Waals surface area contributed by atoms with Gasteiger partial charge in [0, 0.05) is 5.54 Å². The minimum atomic E-state index is 0.0474. The van der Waals surface area contributed by atoms with Crippen LogP contribution in [0.3, 0.4) is 0 Å². The predicted octanol–water partition coefficient (Wildman–Crippen LogP) is 1.46. The average molecular weight is 165 g/mol. The van der Waals surface area contributed by atoms with Crippen molar-refractivity contribution >= 4 is 11.8 Å². The third-order valence-electron chi connectivity index (χ3n) is 1.44. The minimum absolute atomic E-state index is 0.0474. The van der Waals surface area contributed by atoms with E-state index < -0.39 is 0 Å². The van der Waals surface area contributed by atoms with Gasteiger partial charge in [-0.15, -0.1) is 0 Å². The summed E-state index contributed by atoms with van der Waals surface area (Å²) in [4.78, 5) is 4.89. The van der Waals surface area contributed by atoms with Gasteiger partial charge in [-0.25, -0.2) is 4.84 Å². The maximum atomic E-state index is 5.51. The molecule has 10 heavy (non-hydrogen) atoms. The first-order valence-corrected chi connectivity index (χ1v) is 3.88. The van der Waals surface area contributed by atoms with Crippen LogP contribution >= 0.6 is 11.8 Å². The molecule has 0 heterocycles. The molecule has 0 saturated heterocycles. The Morgan fingerprint density at radius 2 is 1.90 bits per heavy atom. The third-order valence-corrected chi connectivity index (χ3v) is 1.95. The van der Waals surface area contributed by atoms with Crippen LogP contribution in [0.2, 0.25) is 0 Å². The molecule has 0 aromatic carbocycles. The lowest BCUT2D eigenvalue weighted by Gasteiger charge is -2.23. The molecule has 0 atom stereocenters. The summed E-state index contributed by atoms with van der Waals surface area (Å²) in [5.41, 5.74) is 0.0474. The van der Waals surface area contributed by atoms with Gasteiger partial charge < -0.3 is 4.90 Å². The SMILES string of the molecule is CN(C)CCC(C)(C)NCl. The molecule has 0 aliphatic heterocycles. The average Bonchev–Trinajstić information content (AvgIpc) is 1.85. The summed E-state index contributed by atoms with van der Waals surface area (Å²) in [6.45, 7) is 5.24. The molecule has 0 radical (unpaired) electrons. The zero-order chi connectivity index (χ0) is 8.20. The van der Waals surface area contributed by atoms with E-state index in [0.29, 0.717) is 0 Å². The van der Waals surface area contributed by atoms with E-state index in [0.717, 1.165) is 13.0 Å². The van der Waals surface area contributed by atoms with E-state index in [9.17, 15) is 0 Å². The Bertz CT molecular complexity index is 91.6. The fourth-order valence-electron chi connectivity index (χ4n) is 0.550. The Labute approximate surface area is 68.7 Å². The Morgan fingerprint density at radius 1 is 1.40 bits per heavy atom. The van der Waals surface area contributed by atoms with E-state index in [1.165, 1.54) is 0 Å². The van der Waals surface area contributed by atoms with Gasteiger partial charge in [0.05, 0.1) is 0 Å². The molecule has 0 aliphatic carbocycles. The molecular formula is C7H17ClN2. The van der Waals surface area contributed by atoms with Crippen LogP contribution < -0.4 is 4.84 Å². The van der Waals surface area contributed by atoms with Gasteiger partial charge in [0.1, 0.15) is 0 Å². The molecule has 0 rings (SSSR count). The highest BCUT2D eigenvalue weighted by Gasteiger charge is 2.14. The predicted molar refractivity (Wildman–Crippen MR) is 46.2 cm³/mol. The molecule has 1 N–H and O–H groups in total. The van der Waals surface area contributed by atoms with Crippen molar-refractivity contribution in [2.75, 3.05) is 20.6 Å². The highest BCUT2D eigenvalue weighted by Crippen LogP contribution is 2.08. The third kappa shape index (κ3) is 5.03. The summed E-state index contributed by atoms with van der Waals surface area (Å²) >= 11 is 5.51. The van der Waals surface area contributed by atoms with Crippen LogP contribution in [0.4, 0.5) is 0 Å². The summed E-state index contributed by atoms with van der Waals surface area (Å²) in [6.07, 6.45) is 1.06. The van der Waals surface area contributed by atoms with Gasteiger partial charge in [-0.2, -0.15) is 0 Å². The topological polar surface area (TPSA) is 15.3 Å². The Morgan fingerprint density at radius 3 is 2.20 bits per heavy atom. The molecule has 62 valence electrons. The Kier molecular flexibility index (Phi) is 4.25. The lowest BCUT2D eigenvalue weighted by molar-refractivity contribution is 0.330. The van der Waals surface area contributed by atoms with Crippen molar-refractivity contribution in [3.63, 3.8) is 0 Å². The zero-order valence-electron chi connectivity index (χ0n) is 7.24. The molecule has 0 amide bonds. The quantitative estimate of drug-likeness (QED) is 0.633. The number of halogens is 1. The molecule has 3 heteroatoms. The summed E-state index contributed by atoms with van der Waals surface area (Å²) in [5, 5.41) is 0. The lowest BCUT2D eigenvalue weighted by atomic mass is 10.0. The molecule has 0 aliphatic rings. The Hall–Kier alpha value is 0.210. The van der Waals surface area contributed by atoms with E-state index >= 15 is 0 Å². The number of nitrogens with one attached hydrogen (secondary N) is 1. The van der Waals surface area contributed by atoms with E-state index in [1.54, 1.807) is 0 Å². The van der Waals surface area contributed by atoms with Crippen LogP contribution in [0.25, 0.3) is 0 Å². The van der Waals surface area contributed by atoms with Crippen molar-refractivity contribution in [2.24, 2.45) is 0 Å². The second-order valence-corrected chi connectivity index (χ2v) is 3.72. The second kappa shape index (κ2) is 4.16. The highest BCUT2D eigenvalue weighted by molar-refractivity contribution is 6.13. The van der Waals surface area contributed by atoms with Crippen molar-refractivity contribution in [1.82, 2.24) is 9.74 Å². The fourth-order valence-corrected chi connectivity index (χ4v) is 0.645. The van der Waals surface area contributed by atoms with Gasteiger partial charge in [0.2, 0.25) is 0 Å². The van der Waals surface area contributed by atoms with Crippen LogP contribution in [0.5, 0.6) is 0 Å². The first-order valence-electron chi connectivity index (χ1n) is 3.50. The van der Waals surface area contributed by atoms with Gasteiger partial charge in [0.25, 0.3) is 0 Å². The first kappa shape index (κ1) is 10.2. The maximum Gasteiger partial charge on any atom is 0.0287 e. The summed E-state index contributed by atoms with van der Waals surface area (Å²) < 4.78 is 0. The molecule has 0 bridgehead atoms. The van der Waals surface area contributed by atoms with Crippen LogP contribution in [0, 0.1) is 0 Å². The van der Waals surface area contributed by atoms with Crippen LogP contribution in [-0.2, 0) is 0 Å². The molecule has 2 nitrogen and oxygen atoms in total. The van der Waals surface area contributed by atoms with Gasteiger partial charge in [-0.1, -0.05) is 0 Å². The number of rotatable bonds is 4. The van der Waals surface area contributed by atoms with E-state index in [1.807, 2.05) is 0 Å². The van der Waals surface area contributed by atoms with E-state index in [4.69, 9.17) is 11.8 Å². The van der Waals surface area contributed by atoms with Gasteiger partial charge >= 0.3 is 0 Å². The standard InChI is InChI=1S/C7H17ClN2/c1-7(2,9-8)5-6-10(3)4/h9H,5-6H2,1-4H3.